The Morgan fingerprint density at radius 1 is 1.14 bits per heavy atom. The van der Waals surface area contributed by atoms with Gasteiger partial charge in [0.15, 0.2) is 5.96 Å². The zero-order valence-corrected chi connectivity index (χ0v) is 12.9. The number of carbonyl (C=O) groups is 1. The molecule has 116 valence electrons. The molecule has 0 saturated carbocycles. The average Bonchev–Trinajstić information content (AvgIpc) is 2.54. The van der Waals surface area contributed by atoms with Crippen molar-refractivity contribution in [1.82, 2.24) is 10.6 Å². The molecule has 0 atom stereocenters. The lowest BCUT2D eigenvalue weighted by Crippen LogP contribution is -2.37. The molecule has 1 aromatic carbocycles. The van der Waals surface area contributed by atoms with Gasteiger partial charge in [0.25, 0.3) is 0 Å². The van der Waals surface area contributed by atoms with Gasteiger partial charge >= 0.3 is 5.97 Å². The number of ether oxygens (including phenoxy) is 1. The summed E-state index contributed by atoms with van der Waals surface area (Å²) in [5, 5.41) is 6.53. The fourth-order valence-corrected chi connectivity index (χ4v) is 1.88. The number of hydrogen-bond acceptors (Lipinski definition) is 3. The maximum atomic E-state index is 11.0. The number of carbonyl (C=O) groups excluding carboxylic acids is 1. The molecule has 0 amide bonds. The van der Waals surface area contributed by atoms with Crippen molar-refractivity contribution >= 4 is 11.9 Å². The molecule has 0 aliphatic heterocycles. The molecule has 1 rings (SSSR count). The van der Waals surface area contributed by atoms with Gasteiger partial charge in [0.1, 0.15) is 0 Å². The largest absolute Gasteiger partial charge is 0.469 e. The van der Waals surface area contributed by atoms with Crippen molar-refractivity contribution in [3.63, 3.8) is 0 Å². The molecule has 0 aliphatic rings. The van der Waals surface area contributed by atoms with Crippen LogP contribution >= 0.6 is 0 Å². The van der Waals surface area contributed by atoms with Crippen LogP contribution in [0.1, 0.15) is 31.2 Å². The van der Waals surface area contributed by atoms with Crippen molar-refractivity contribution in [2.45, 2.75) is 32.2 Å². The van der Waals surface area contributed by atoms with E-state index in [0.717, 1.165) is 38.3 Å². The Labute approximate surface area is 126 Å². The topological polar surface area (TPSA) is 62.7 Å². The van der Waals surface area contributed by atoms with Crippen LogP contribution in [0.4, 0.5) is 0 Å². The minimum atomic E-state index is -0.136. The summed E-state index contributed by atoms with van der Waals surface area (Å²) in [7, 11) is 3.18. The third-order valence-corrected chi connectivity index (χ3v) is 3.10. The first-order valence-electron chi connectivity index (χ1n) is 7.31. The quantitative estimate of drug-likeness (QED) is 0.333. The van der Waals surface area contributed by atoms with Gasteiger partial charge in [-0.1, -0.05) is 36.8 Å². The third kappa shape index (κ3) is 7.97. The van der Waals surface area contributed by atoms with Crippen LogP contribution in [0.2, 0.25) is 0 Å². The van der Waals surface area contributed by atoms with E-state index in [1.165, 1.54) is 12.7 Å². The van der Waals surface area contributed by atoms with Gasteiger partial charge < -0.3 is 15.4 Å². The fraction of sp³-hybridized carbons (Fsp3) is 0.500. The molecule has 1 aromatic rings. The van der Waals surface area contributed by atoms with Crippen LogP contribution in [0.3, 0.4) is 0 Å². The van der Waals surface area contributed by atoms with Gasteiger partial charge in [-0.2, -0.15) is 0 Å². The highest BCUT2D eigenvalue weighted by Crippen LogP contribution is 2.00. The lowest BCUT2D eigenvalue weighted by molar-refractivity contribution is -0.140. The molecular weight excluding hydrogens is 266 g/mol. The number of guanidine groups is 1. The van der Waals surface area contributed by atoms with E-state index in [2.05, 4.69) is 32.5 Å². The summed E-state index contributed by atoms with van der Waals surface area (Å²) in [6, 6.07) is 10.2. The number of rotatable bonds is 8. The molecular formula is C16H25N3O2. The van der Waals surface area contributed by atoms with E-state index >= 15 is 0 Å². The van der Waals surface area contributed by atoms with Crippen molar-refractivity contribution in [1.29, 1.82) is 0 Å². The van der Waals surface area contributed by atoms with Gasteiger partial charge in [0.2, 0.25) is 0 Å². The SMILES string of the molecule is CN=C(NCCCCCC(=O)OC)NCc1ccccc1. The highest BCUT2D eigenvalue weighted by atomic mass is 16.5. The molecule has 2 N–H and O–H groups in total. The molecule has 21 heavy (non-hydrogen) atoms. The Kier molecular flexibility index (Phi) is 8.68. The molecule has 5 nitrogen and oxygen atoms in total. The Morgan fingerprint density at radius 3 is 2.57 bits per heavy atom. The van der Waals surface area contributed by atoms with E-state index in [1.54, 1.807) is 7.05 Å². The minimum absolute atomic E-state index is 0.136. The number of unbranched alkanes of at least 4 members (excludes halogenated alkanes) is 2. The first-order chi connectivity index (χ1) is 10.3. The van der Waals surface area contributed by atoms with Crippen molar-refractivity contribution < 1.29 is 9.53 Å². The smallest absolute Gasteiger partial charge is 0.305 e. The Balaban J connectivity index is 2.10. The second-order valence-electron chi connectivity index (χ2n) is 4.72. The summed E-state index contributed by atoms with van der Waals surface area (Å²) in [6.45, 7) is 1.60. The molecule has 0 spiro atoms. The predicted octanol–water partition coefficient (Wildman–Crippen LogP) is 2.08. The highest BCUT2D eigenvalue weighted by Gasteiger charge is 2.00. The maximum Gasteiger partial charge on any atom is 0.305 e. The van der Waals surface area contributed by atoms with Gasteiger partial charge in [0.05, 0.1) is 7.11 Å². The molecule has 5 heteroatoms. The monoisotopic (exact) mass is 291 g/mol. The molecule has 0 saturated heterocycles. The number of nitrogens with zero attached hydrogens (tertiary/aromatic N) is 1. The van der Waals surface area contributed by atoms with Crippen LogP contribution < -0.4 is 10.6 Å². The molecule has 0 unspecified atom stereocenters. The van der Waals surface area contributed by atoms with Crippen LogP contribution in [0.25, 0.3) is 0 Å². The van der Waals surface area contributed by atoms with Gasteiger partial charge in [-0.25, -0.2) is 0 Å². The number of hydrogen-bond donors (Lipinski definition) is 2. The zero-order chi connectivity index (χ0) is 15.3. The van der Waals surface area contributed by atoms with Gasteiger partial charge in [-0.15, -0.1) is 0 Å². The number of methoxy groups -OCH3 is 1. The van der Waals surface area contributed by atoms with E-state index in [1.807, 2.05) is 18.2 Å². The van der Waals surface area contributed by atoms with Crippen LogP contribution in [0, 0.1) is 0 Å². The minimum Gasteiger partial charge on any atom is -0.469 e. The zero-order valence-electron chi connectivity index (χ0n) is 12.9. The molecule has 0 bridgehead atoms. The number of benzene rings is 1. The van der Waals surface area contributed by atoms with Crippen molar-refractivity contribution in [2.75, 3.05) is 20.7 Å². The van der Waals surface area contributed by atoms with E-state index in [-0.39, 0.29) is 5.97 Å². The van der Waals surface area contributed by atoms with Crippen molar-refractivity contribution in [3.8, 4) is 0 Å². The number of nitrogens with one attached hydrogen (secondary N) is 2. The van der Waals surface area contributed by atoms with Gasteiger partial charge in [-0.05, 0) is 18.4 Å². The molecule has 0 fully saturated rings. The third-order valence-electron chi connectivity index (χ3n) is 3.10. The second kappa shape index (κ2) is 10.7. The Bertz CT molecular complexity index is 432. The Morgan fingerprint density at radius 2 is 1.90 bits per heavy atom. The van der Waals surface area contributed by atoms with Crippen LogP contribution in [0.5, 0.6) is 0 Å². The first kappa shape index (κ1) is 17.0. The van der Waals surface area contributed by atoms with Gasteiger partial charge in [0, 0.05) is 26.6 Å². The standard InChI is InChI=1S/C16H25N3O2/c1-17-16(19-13-14-9-5-3-6-10-14)18-12-8-4-7-11-15(20)21-2/h3,5-6,9-10H,4,7-8,11-13H2,1-2H3,(H2,17,18,19). The number of aliphatic imine (C=N–C) groups is 1. The van der Waals surface area contributed by atoms with Crippen LogP contribution in [-0.2, 0) is 16.1 Å². The summed E-state index contributed by atoms with van der Waals surface area (Å²) < 4.78 is 4.60. The van der Waals surface area contributed by atoms with Crippen LogP contribution in [0.15, 0.2) is 35.3 Å². The fourth-order valence-electron chi connectivity index (χ4n) is 1.88. The summed E-state index contributed by atoms with van der Waals surface area (Å²) in [5.41, 5.74) is 1.22. The summed E-state index contributed by atoms with van der Waals surface area (Å²) >= 11 is 0. The summed E-state index contributed by atoms with van der Waals surface area (Å²) in [4.78, 5) is 15.1. The van der Waals surface area contributed by atoms with E-state index in [4.69, 9.17) is 0 Å². The predicted molar refractivity (Wildman–Crippen MR) is 85.1 cm³/mol. The van der Waals surface area contributed by atoms with E-state index < -0.39 is 0 Å². The lowest BCUT2D eigenvalue weighted by atomic mass is 10.2. The van der Waals surface area contributed by atoms with E-state index in [0.29, 0.717) is 6.42 Å². The van der Waals surface area contributed by atoms with Gasteiger partial charge in [-0.3, -0.25) is 9.79 Å². The molecule has 0 radical (unpaired) electrons. The summed E-state index contributed by atoms with van der Waals surface area (Å²) in [6.07, 6.45) is 3.36. The van der Waals surface area contributed by atoms with Crippen LogP contribution in [-0.4, -0.2) is 32.6 Å². The highest BCUT2D eigenvalue weighted by molar-refractivity contribution is 5.79. The van der Waals surface area contributed by atoms with E-state index in [9.17, 15) is 4.79 Å². The molecule has 0 heterocycles. The summed E-state index contributed by atoms with van der Waals surface area (Å²) in [5.74, 6) is 0.662. The first-order valence-corrected chi connectivity index (χ1v) is 7.31. The number of esters is 1. The van der Waals surface area contributed by atoms with Crippen molar-refractivity contribution in [2.24, 2.45) is 4.99 Å². The maximum absolute atomic E-state index is 11.0. The van der Waals surface area contributed by atoms with Crippen molar-refractivity contribution in [3.05, 3.63) is 35.9 Å². The average molecular weight is 291 g/mol. The second-order valence-corrected chi connectivity index (χ2v) is 4.72. The lowest BCUT2D eigenvalue weighted by Gasteiger charge is -2.11. The molecule has 0 aromatic heterocycles. The molecule has 0 aliphatic carbocycles. The normalized spacial score (nSPS) is 11.0. The Hall–Kier alpha value is -2.04.